The summed E-state index contributed by atoms with van der Waals surface area (Å²) in [6, 6.07) is 14.6. The van der Waals surface area contributed by atoms with Crippen LogP contribution in [0.4, 0.5) is 4.39 Å². The maximum absolute atomic E-state index is 13.9. The van der Waals surface area contributed by atoms with Gasteiger partial charge in [0.05, 0.1) is 5.60 Å². The Labute approximate surface area is 117 Å². The Morgan fingerprint density at radius 1 is 1.05 bits per heavy atom. The quantitative estimate of drug-likeness (QED) is 0.903. The Morgan fingerprint density at radius 3 is 2.45 bits per heavy atom. The predicted molar refractivity (Wildman–Crippen MR) is 75.1 cm³/mol. The fourth-order valence-corrected chi connectivity index (χ4v) is 2.21. The lowest BCUT2D eigenvalue weighted by Crippen LogP contribution is -2.10. The van der Waals surface area contributed by atoms with Crippen LogP contribution in [0, 0.1) is 5.82 Å². The molecule has 0 unspecified atom stereocenters. The Hall–Kier alpha value is -1.87. The SMILES string of the molecule is OC1(Cc2ccc(OCc3ccccc3)c(F)c2)CC1. The molecular weight excluding hydrogens is 255 g/mol. The Balaban J connectivity index is 1.65. The molecule has 0 heterocycles. The van der Waals surface area contributed by atoms with E-state index >= 15 is 0 Å². The van der Waals surface area contributed by atoms with Crippen LogP contribution >= 0.6 is 0 Å². The lowest BCUT2D eigenvalue weighted by atomic mass is 10.1. The van der Waals surface area contributed by atoms with Gasteiger partial charge < -0.3 is 9.84 Å². The molecular formula is C17H17FO2. The number of hydrogen-bond acceptors (Lipinski definition) is 2. The minimum absolute atomic E-state index is 0.250. The predicted octanol–water partition coefficient (Wildman–Crippen LogP) is 3.47. The Bertz CT molecular complexity index is 591. The Kier molecular flexibility index (Phi) is 3.45. The van der Waals surface area contributed by atoms with E-state index in [-0.39, 0.29) is 11.6 Å². The lowest BCUT2D eigenvalue weighted by Gasteiger charge is -2.11. The van der Waals surface area contributed by atoms with Crippen LogP contribution < -0.4 is 4.74 Å². The number of ether oxygens (including phenoxy) is 1. The van der Waals surface area contributed by atoms with Gasteiger partial charge in [0.2, 0.25) is 0 Å². The molecule has 0 atom stereocenters. The van der Waals surface area contributed by atoms with Gasteiger partial charge >= 0.3 is 0 Å². The second-order valence-electron chi connectivity index (χ2n) is 5.44. The van der Waals surface area contributed by atoms with E-state index in [2.05, 4.69) is 0 Å². The van der Waals surface area contributed by atoms with E-state index in [0.717, 1.165) is 24.0 Å². The van der Waals surface area contributed by atoms with Gasteiger partial charge in [-0.1, -0.05) is 36.4 Å². The highest BCUT2D eigenvalue weighted by molar-refractivity contribution is 5.31. The van der Waals surface area contributed by atoms with Crippen molar-refractivity contribution < 1.29 is 14.2 Å². The standard InChI is InChI=1S/C17H17FO2/c18-15-10-14(11-17(19)8-9-17)6-7-16(15)20-12-13-4-2-1-3-5-13/h1-7,10,19H,8-9,11-12H2. The first-order chi connectivity index (χ1) is 9.65. The topological polar surface area (TPSA) is 29.5 Å². The maximum Gasteiger partial charge on any atom is 0.165 e. The van der Waals surface area contributed by atoms with Gasteiger partial charge in [-0.05, 0) is 36.1 Å². The molecule has 1 aliphatic rings. The van der Waals surface area contributed by atoms with Crippen LogP contribution in [0.3, 0.4) is 0 Å². The van der Waals surface area contributed by atoms with E-state index in [9.17, 15) is 9.50 Å². The summed E-state index contributed by atoms with van der Waals surface area (Å²) < 4.78 is 19.4. The highest BCUT2D eigenvalue weighted by Gasteiger charge is 2.40. The first-order valence-electron chi connectivity index (χ1n) is 6.82. The van der Waals surface area contributed by atoms with Crippen molar-refractivity contribution in [1.29, 1.82) is 0 Å². The van der Waals surface area contributed by atoms with E-state index in [4.69, 9.17) is 4.74 Å². The van der Waals surface area contributed by atoms with Gasteiger partial charge in [0, 0.05) is 6.42 Å². The third kappa shape index (κ3) is 3.17. The van der Waals surface area contributed by atoms with E-state index in [1.54, 1.807) is 6.07 Å². The fraction of sp³-hybridized carbons (Fsp3) is 0.294. The van der Waals surface area contributed by atoms with E-state index in [0.29, 0.717) is 13.0 Å². The summed E-state index contributed by atoms with van der Waals surface area (Å²) in [6.45, 7) is 0.348. The summed E-state index contributed by atoms with van der Waals surface area (Å²) in [4.78, 5) is 0. The summed E-state index contributed by atoms with van der Waals surface area (Å²) in [5, 5.41) is 9.84. The molecule has 20 heavy (non-hydrogen) atoms. The molecule has 0 radical (unpaired) electrons. The lowest BCUT2D eigenvalue weighted by molar-refractivity contribution is 0.151. The number of aliphatic hydroxyl groups is 1. The second kappa shape index (κ2) is 5.25. The van der Waals surface area contributed by atoms with Gasteiger partial charge in [-0.25, -0.2) is 4.39 Å². The summed E-state index contributed by atoms with van der Waals surface area (Å²) in [5.41, 5.74) is 1.22. The highest BCUT2D eigenvalue weighted by Crippen LogP contribution is 2.38. The molecule has 1 N–H and O–H groups in total. The van der Waals surface area contributed by atoms with Gasteiger partial charge in [-0.2, -0.15) is 0 Å². The zero-order valence-electron chi connectivity index (χ0n) is 11.2. The Morgan fingerprint density at radius 2 is 1.80 bits per heavy atom. The molecule has 0 aliphatic heterocycles. The minimum Gasteiger partial charge on any atom is -0.486 e. The molecule has 1 aliphatic carbocycles. The van der Waals surface area contributed by atoms with Crippen LogP contribution in [0.15, 0.2) is 48.5 Å². The van der Waals surface area contributed by atoms with Crippen molar-refractivity contribution in [3.63, 3.8) is 0 Å². The third-order valence-corrected chi connectivity index (χ3v) is 3.59. The molecule has 3 rings (SSSR count). The van der Waals surface area contributed by atoms with Gasteiger partial charge in [-0.15, -0.1) is 0 Å². The molecule has 2 nitrogen and oxygen atoms in total. The van der Waals surface area contributed by atoms with Crippen LogP contribution in [0.25, 0.3) is 0 Å². The van der Waals surface area contributed by atoms with E-state index in [1.807, 2.05) is 36.4 Å². The summed E-state index contributed by atoms with van der Waals surface area (Å²) in [7, 11) is 0. The van der Waals surface area contributed by atoms with Crippen molar-refractivity contribution >= 4 is 0 Å². The molecule has 0 spiro atoms. The van der Waals surface area contributed by atoms with Crippen molar-refractivity contribution in [2.24, 2.45) is 0 Å². The molecule has 0 amide bonds. The fourth-order valence-electron chi connectivity index (χ4n) is 2.21. The monoisotopic (exact) mass is 272 g/mol. The van der Waals surface area contributed by atoms with Crippen molar-refractivity contribution in [2.45, 2.75) is 31.5 Å². The van der Waals surface area contributed by atoms with Crippen molar-refractivity contribution in [1.82, 2.24) is 0 Å². The molecule has 104 valence electrons. The van der Waals surface area contributed by atoms with Gasteiger partial charge in [0.1, 0.15) is 6.61 Å². The molecule has 1 fully saturated rings. The molecule has 0 saturated heterocycles. The highest BCUT2D eigenvalue weighted by atomic mass is 19.1. The van der Waals surface area contributed by atoms with Crippen LogP contribution in [0.5, 0.6) is 5.75 Å². The molecule has 2 aromatic carbocycles. The second-order valence-corrected chi connectivity index (χ2v) is 5.44. The maximum atomic E-state index is 13.9. The van der Waals surface area contributed by atoms with E-state index in [1.165, 1.54) is 6.07 Å². The molecule has 2 aromatic rings. The van der Waals surface area contributed by atoms with Gasteiger partial charge in [0.15, 0.2) is 11.6 Å². The smallest absolute Gasteiger partial charge is 0.165 e. The minimum atomic E-state index is -0.598. The van der Waals surface area contributed by atoms with Crippen LogP contribution in [-0.4, -0.2) is 10.7 Å². The molecule has 3 heteroatoms. The van der Waals surface area contributed by atoms with Crippen LogP contribution in [0.1, 0.15) is 24.0 Å². The summed E-state index contributed by atoms with van der Waals surface area (Å²) >= 11 is 0. The normalized spacial score (nSPS) is 15.9. The summed E-state index contributed by atoms with van der Waals surface area (Å²) in [6.07, 6.45) is 2.13. The number of hydrogen-bond donors (Lipinski definition) is 1. The zero-order valence-corrected chi connectivity index (χ0v) is 11.2. The average Bonchev–Trinajstić information content (AvgIpc) is 3.16. The molecule has 1 saturated carbocycles. The molecule has 0 aromatic heterocycles. The van der Waals surface area contributed by atoms with Gasteiger partial charge in [0.25, 0.3) is 0 Å². The van der Waals surface area contributed by atoms with E-state index < -0.39 is 5.60 Å². The van der Waals surface area contributed by atoms with Gasteiger partial charge in [-0.3, -0.25) is 0 Å². The van der Waals surface area contributed by atoms with Crippen molar-refractivity contribution in [2.75, 3.05) is 0 Å². The first-order valence-corrected chi connectivity index (χ1v) is 6.82. The molecule has 0 bridgehead atoms. The summed E-state index contributed by atoms with van der Waals surface area (Å²) in [5.74, 6) is -0.122. The number of rotatable bonds is 5. The largest absolute Gasteiger partial charge is 0.486 e. The van der Waals surface area contributed by atoms with Crippen LogP contribution in [0.2, 0.25) is 0 Å². The first kappa shape index (κ1) is 13.1. The van der Waals surface area contributed by atoms with Crippen molar-refractivity contribution in [3.05, 3.63) is 65.5 Å². The van der Waals surface area contributed by atoms with Crippen molar-refractivity contribution in [3.8, 4) is 5.75 Å². The number of benzene rings is 2. The average molecular weight is 272 g/mol. The van der Waals surface area contributed by atoms with Crippen LogP contribution in [-0.2, 0) is 13.0 Å². The third-order valence-electron chi connectivity index (χ3n) is 3.59. The number of halogens is 1. The zero-order chi connectivity index (χ0) is 14.0.